The molecule has 1 amide bonds. The molecule has 1 aromatic heterocycles. The normalized spacial score (nSPS) is 11.5. The molecule has 0 aliphatic heterocycles. The van der Waals surface area contributed by atoms with Gasteiger partial charge in [-0.25, -0.2) is 4.98 Å². The van der Waals surface area contributed by atoms with E-state index in [1.165, 1.54) is 6.92 Å². The van der Waals surface area contributed by atoms with Crippen LogP contribution in [-0.4, -0.2) is 23.0 Å². The maximum absolute atomic E-state index is 11.6. The number of hydrogen-bond acceptors (Lipinski definition) is 3. The lowest BCUT2D eigenvalue weighted by Gasteiger charge is -2.06. The van der Waals surface area contributed by atoms with E-state index in [4.69, 9.17) is 16.3 Å². The van der Waals surface area contributed by atoms with Crippen molar-refractivity contribution in [2.75, 3.05) is 7.11 Å². The van der Waals surface area contributed by atoms with E-state index in [1.54, 1.807) is 19.2 Å². The standard InChI is InChI=1S/C18H16ClN3O2/c1-11(23)20-17(9-12-4-3-5-14(8-12)24-2)18-21-15-7-6-13(19)10-16(15)22-18/h3-10H,1-2H3,(H,20,23)(H,21,22)/b17-9-. The third kappa shape index (κ3) is 3.58. The number of imidazole rings is 1. The first kappa shape index (κ1) is 16.1. The zero-order valence-electron chi connectivity index (χ0n) is 13.3. The van der Waals surface area contributed by atoms with Crippen LogP contribution in [0.4, 0.5) is 0 Å². The lowest BCUT2D eigenvalue weighted by atomic mass is 10.1. The molecular weight excluding hydrogens is 326 g/mol. The highest BCUT2D eigenvalue weighted by atomic mass is 35.5. The van der Waals surface area contributed by atoms with E-state index in [-0.39, 0.29) is 5.91 Å². The highest BCUT2D eigenvalue weighted by Crippen LogP contribution is 2.22. The molecule has 3 rings (SSSR count). The van der Waals surface area contributed by atoms with Gasteiger partial charge < -0.3 is 15.0 Å². The number of rotatable bonds is 4. The molecule has 0 fully saturated rings. The average Bonchev–Trinajstić information content (AvgIpc) is 2.97. The van der Waals surface area contributed by atoms with Crippen LogP contribution in [-0.2, 0) is 4.79 Å². The fraction of sp³-hybridized carbons (Fsp3) is 0.111. The first-order valence-corrected chi connectivity index (χ1v) is 7.72. The van der Waals surface area contributed by atoms with Crippen molar-refractivity contribution in [3.8, 4) is 5.75 Å². The fourth-order valence-electron chi connectivity index (χ4n) is 2.36. The maximum atomic E-state index is 11.6. The summed E-state index contributed by atoms with van der Waals surface area (Å²) in [5.41, 5.74) is 3.04. The molecule has 122 valence electrons. The van der Waals surface area contributed by atoms with Crippen molar-refractivity contribution in [3.63, 3.8) is 0 Å². The lowest BCUT2D eigenvalue weighted by molar-refractivity contribution is -0.117. The SMILES string of the molecule is COc1cccc(/C=C(\NC(C)=O)c2nc3ccc(Cl)cc3[nH]2)c1. The molecule has 0 spiro atoms. The van der Waals surface area contributed by atoms with E-state index in [9.17, 15) is 4.79 Å². The lowest BCUT2D eigenvalue weighted by Crippen LogP contribution is -2.18. The van der Waals surface area contributed by atoms with Crippen LogP contribution in [0.2, 0.25) is 5.02 Å². The number of ether oxygens (including phenoxy) is 1. The molecule has 2 N–H and O–H groups in total. The van der Waals surface area contributed by atoms with Crippen LogP contribution in [0.3, 0.4) is 0 Å². The quantitative estimate of drug-likeness (QED) is 0.757. The Kier molecular flexibility index (Phi) is 4.53. The number of carbonyl (C=O) groups excluding carboxylic acids is 1. The van der Waals surface area contributed by atoms with Gasteiger partial charge in [0.25, 0.3) is 0 Å². The number of amides is 1. The summed E-state index contributed by atoms with van der Waals surface area (Å²) >= 11 is 6.01. The van der Waals surface area contributed by atoms with Gasteiger partial charge in [0.1, 0.15) is 5.75 Å². The summed E-state index contributed by atoms with van der Waals surface area (Å²) in [4.78, 5) is 19.3. The third-order valence-electron chi connectivity index (χ3n) is 3.41. The predicted octanol–water partition coefficient (Wildman–Crippen LogP) is 3.86. The average molecular weight is 342 g/mol. The van der Waals surface area contributed by atoms with Crippen molar-refractivity contribution >= 4 is 40.3 Å². The Morgan fingerprint density at radius 2 is 2.12 bits per heavy atom. The predicted molar refractivity (Wildman–Crippen MR) is 95.8 cm³/mol. The van der Waals surface area contributed by atoms with Crippen LogP contribution in [0.25, 0.3) is 22.8 Å². The number of benzene rings is 2. The number of fused-ring (bicyclic) bond motifs is 1. The molecule has 0 saturated carbocycles. The summed E-state index contributed by atoms with van der Waals surface area (Å²) in [6, 6.07) is 12.9. The van der Waals surface area contributed by atoms with Gasteiger partial charge in [0, 0.05) is 11.9 Å². The van der Waals surface area contributed by atoms with Crippen molar-refractivity contribution in [3.05, 3.63) is 58.9 Å². The third-order valence-corrected chi connectivity index (χ3v) is 3.65. The topological polar surface area (TPSA) is 67.0 Å². The summed E-state index contributed by atoms with van der Waals surface area (Å²) in [5, 5.41) is 3.43. The number of halogens is 1. The minimum absolute atomic E-state index is 0.178. The van der Waals surface area contributed by atoms with Gasteiger partial charge in [-0.3, -0.25) is 4.79 Å². The van der Waals surface area contributed by atoms with E-state index in [1.807, 2.05) is 36.4 Å². The minimum atomic E-state index is -0.178. The van der Waals surface area contributed by atoms with Crippen molar-refractivity contribution in [1.29, 1.82) is 0 Å². The van der Waals surface area contributed by atoms with Gasteiger partial charge in [-0.05, 0) is 42.0 Å². The number of methoxy groups -OCH3 is 1. The summed E-state index contributed by atoms with van der Waals surface area (Å²) in [7, 11) is 1.61. The number of aromatic amines is 1. The Bertz CT molecular complexity index is 931. The summed E-state index contributed by atoms with van der Waals surface area (Å²) in [6.45, 7) is 1.46. The van der Waals surface area contributed by atoms with Crippen molar-refractivity contribution in [2.24, 2.45) is 0 Å². The van der Waals surface area contributed by atoms with Gasteiger partial charge in [-0.1, -0.05) is 23.7 Å². The molecular formula is C18H16ClN3O2. The van der Waals surface area contributed by atoms with Gasteiger partial charge >= 0.3 is 0 Å². The highest BCUT2D eigenvalue weighted by Gasteiger charge is 2.10. The molecule has 5 nitrogen and oxygen atoms in total. The van der Waals surface area contributed by atoms with Crippen molar-refractivity contribution in [1.82, 2.24) is 15.3 Å². The molecule has 2 aromatic carbocycles. The second-order valence-corrected chi connectivity index (χ2v) is 5.70. The van der Waals surface area contributed by atoms with E-state index >= 15 is 0 Å². The van der Waals surface area contributed by atoms with Gasteiger partial charge in [-0.15, -0.1) is 0 Å². The zero-order chi connectivity index (χ0) is 17.1. The molecule has 0 unspecified atom stereocenters. The Morgan fingerprint density at radius 3 is 2.88 bits per heavy atom. The van der Waals surface area contributed by atoms with Gasteiger partial charge in [-0.2, -0.15) is 0 Å². The van der Waals surface area contributed by atoms with Gasteiger partial charge in [0.15, 0.2) is 5.82 Å². The number of nitrogens with zero attached hydrogens (tertiary/aromatic N) is 1. The Morgan fingerprint density at radius 1 is 1.29 bits per heavy atom. The largest absolute Gasteiger partial charge is 0.497 e. The number of hydrogen-bond donors (Lipinski definition) is 2. The molecule has 0 aliphatic carbocycles. The fourth-order valence-corrected chi connectivity index (χ4v) is 2.53. The van der Waals surface area contributed by atoms with Crippen LogP contribution in [0.1, 0.15) is 18.3 Å². The summed E-state index contributed by atoms with van der Waals surface area (Å²) < 4.78 is 5.23. The van der Waals surface area contributed by atoms with E-state index in [0.717, 1.165) is 22.3 Å². The monoisotopic (exact) mass is 341 g/mol. The van der Waals surface area contributed by atoms with Crippen LogP contribution in [0.5, 0.6) is 5.75 Å². The van der Waals surface area contributed by atoms with E-state index < -0.39 is 0 Å². The first-order valence-electron chi connectivity index (χ1n) is 7.34. The van der Waals surface area contributed by atoms with Gasteiger partial charge in [0.2, 0.25) is 5.91 Å². The molecule has 0 bridgehead atoms. The zero-order valence-corrected chi connectivity index (χ0v) is 14.0. The van der Waals surface area contributed by atoms with Crippen LogP contribution in [0, 0.1) is 0 Å². The second-order valence-electron chi connectivity index (χ2n) is 5.26. The Labute approximate surface area is 144 Å². The van der Waals surface area contributed by atoms with E-state index in [0.29, 0.717) is 16.5 Å². The molecule has 0 radical (unpaired) electrons. The molecule has 24 heavy (non-hydrogen) atoms. The highest BCUT2D eigenvalue weighted by molar-refractivity contribution is 6.31. The van der Waals surface area contributed by atoms with Crippen LogP contribution < -0.4 is 10.1 Å². The van der Waals surface area contributed by atoms with Crippen molar-refractivity contribution < 1.29 is 9.53 Å². The molecule has 3 aromatic rings. The minimum Gasteiger partial charge on any atom is -0.497 e. The summed E-state index contributed by atoms with van der Waals surface area (Å²) in [5.74, 6) is 1.12. The Balaban J connectivity index is 2.06. The Hall–Kier alpha value is -2.79. The molecule has 6 heteroatoms. The van der Waals surface area contributed by atoms with Crippen LogP contribution in [0.15, 0.2) is 42.5 Å². The molecule has 0 saturated heterocycles. The number of nitrogens with one attached hydrogen (secondary N) is 2. The maximum Gasteiger partial charge on any atom is 0.221 e. The molecule has 0 atom stereocenters. The van der Waals surface area contributed by atoms with Crippen LogP contribution >= 0.6 is 11.6 Å². The molecule has 0 aliphatic rings. The number of aromatic nitrogens is 2. The first-order chi connectivity index (χ1) is 11.5. The van der Waals surface area contributed by atoms with Gasteiger partial charge in [0.05, 0.1) is 23.8 Å². The second kappa shape index (κ2) is 6.76. The smallest absolute Gasteiger partial charge is 0.221 e. The van der Waals surface area contributed by atoms with E-state index in [2.05, 4.69) is 15.3 Å². The van der Waals surface area contributed by atoms with Crippen molar-refractivity contribution in [2.45, 2.75) is 6.92 Å². The number of carbonyl (C=O) groups is 1. The number of H-pyrrole nitrogens is 1. The molecule has 1 heterocycles. The summed E-state index contributed by atoms with van der Waals surface area (Å²) in [6.07, 6.45) is 1.84.